The van der Waals surface area contributed by atoms with Gasteiger partial charge in [0.25, 0.3) is 5.91 Å². The van der Waals surface area contributed by atoms with Crippen molar-refractivity contribution in [3.8, 4) is 0 Å². The van der Waals surface area contributed by atoms with E-state index in [1.165, 1.54) is 11.3 Å². The predicted octanol–water partition coefficient (Wildman–Crippen LogP) is 4.67. The maximum absolute atomic E-state index is 12.5. The van der Waals surface area contributed by atoms with Gasteiger partial charge in [0.2, 0.25) is 0 Å². The highest BCUT2D eigenvalue weighted by molar-refractivity contribution is 7.18. The van der Waals surface area contributed by atoms with Crippen molar-refractivity contribution in [3.05, 3.63) is 77.7 Å². The lowest BCUT2D eigenvalue weighted by molar-refractivity contribution is 0.0997. The van der Waals surface area contributed by atoms with E-state index in [1.54, 1.807) is 36.2 Å². The second kappa shape index (κ2) is 7.63. The second-order valence-electron chi connectivity index (χ2n) is 5.31. The Kier molecular flexibility index (Phi) is 5.11. The average molecular weight is 351 g/mol. The molecule has 2 N–H and O–H groups in total. The van der Waals surface area contributed by atoms with Crippen LogP contribution in [0.15, 0.2) is 72.8 Å². The normalized spacial score (nSPS) is 10.1. The van der Waals surface area contributed by atoms with Gasteiger partial charge < -0.3 is 10.2 Å². The smallest absolute Gasteiger partial charge is 0.311 e. The van der Waals surface area contributed by atoms with Crippen LogP contribution in [0.3, 0.4) is 0 Å². The minimum Gasteiger partial charge on any atom is -0.311 e. The number of anilines is 3. The van der Waals surface area contributed by atoms with Gasteiger partial charge >= 0.3 is 6.03 Å². The number of thiophene rings is 1. The third-order valence-corrected chi connectivity index (χ3v) is 4.52. The Labute approximate surface area is 149 Å². The highest BCUT2D eigenvalue weighted by Gasteiger charge is 2.16. The number of nitrogens with zero attached hydrogens (tertiary/aromatic N) is 1. The molecule has 126 valence electrons. The number of carbonyl (C=O) groups excluding carboxylic acids is 2. The summed E-state index contributed by atoms with van der Waals surface area (Å²) in [7, 11) is 1.73. The first-order chi connectivity index (χ1) is 12.1. The molecule has 0 saturated heterocycles. The number of para-hydroxylation sites is 2. The van der Waals surface area contributed by atoms with Crippen molar-refractivity contribution in [2.75, 3.05) is 22.6 Å². The summed E-state index contributed by atoms with van der Waals surface area (Å²) in [5, 5.41) is 6.09. The van der Waals surface area contributed by atoms with Crippen LogP contribution in [0.25, 0.3) is 0 Å². The quantitative estimate of drug-likeness (QED) is 0.717. The zero-order valence-corrected chi connectivity index (χ0v) is 14.4. The number of rotatable bonds is 4. The largest absolute Gasteiger partial charge is 0.324 e. The van der Waals surface area contributed by atoms with E-state index in [2.05, 4.69) is 10.6 Å². The molecule has 0 atom stereocenters. The van der Waals surface area contributed by atoms with Crippen molar-refractivity contribution < 1.29 is 9.59 Å². The van der Waals surface area contributed by atoms with Crippen molar-refractivity contribution in [2.24, 2.45) is 0 Å². The van der Waals surface area contributed by atoms with Crippen molar-refractivity contribution in [3.63, 3.8) is 0 Å². The van der Waals surface area contributed by atoms with Gasteiger partial charge in [0.05, 0.1) is 9.88 Å². The van der Waals surface area contributed by atoms with Crippen LogP contribution < -0.4 is 15.5 Å². The lowest BCUT2D eigenvalue weighted by Crippen LogP contribution is -2.25. The minimum absolute atomic E-state index is 0.118. The van der Waals surface area contributed by atoms with Crippen molar-refractivity contribution in [2.45, 2.75) is 0 Å². The monoisotopic (exact) mass is 351 g/mol. The summed E-state index contributed by atoms with van der Waals surface area (Å²) in [4.78, 5) is 26.7. The summed E-state index contributed by atoms with van der Waals surface area (Å²) in [6, 6.07) is 21.7. The highest BCUT2D eigenvalue weighted by Crippen LogP contribution is 2.25. The van der Waals surface area contributed by atoms with Gasteiger partial charge in [0, 0.05) is 18.4 Å². The molecule has 2 aromatic carbocycles. The molecular formula is C19H17N3O2S. The molecule has 0 aliphatic rings. The third kappa shape index (κ3) is 4.24. The van der Waals surface area contributed by atoms with E-state index >= 15 is 0 Å². The molecule has 6 heteroatoms. The summed E-state index contributed by atoms with van der Waals surface area (Å²) in [6.45, 7) is 0. The number of amides is 3. The Morgan fingerprint density at radius 3 is 2.16 bits per heavy atom. The molecular weight excluding hydrogens is 334 g/mol. The molecule has 0 spiro atoms. The number of nitrogens with one attached hydrogen (secondary N) is 2. The first kappa shape index (κ1) is 16.7. The Morgan fingerprint density at radius 1 is 0.840 bits per heavy atom. The molecule has 0 unspecified atom stereocenters. The molecule has 1 aromatic heterocycles. The summed E-state index contributed by atoms with van der Waals surface area (Å²) >= 11 is 1.24. The molecule has 1 heterocycles. The zero-order valence-electron chi connectivity index (χ0n) is 13.6. The van der Waals surface area contributed by atoms with Crippen molar-refractivity contribution in [1.82, 2.24) is 0 Å². The van der Waals surface area contributed by atoms with E-state index in [4.69, 9.17) is 0 Å². The fraction of sp³-hybridized carbons (Fsp3) is 0.0526. The summed E-state index contributed by atoms with van der Waals surface area (Å²) in [6.07, 6.45) is 0. The van der Waals surface area contributed by atoms with E-state index in [0.717, 1.165) is 5.69 Å². The van der Waals surface area contributed by atoms with E-state index in [1.807, 2.05) is 48.5 Å². The number of hydrogen-bond acceptors (Lipinski definition) is 3. The topological polar surface area (TPSA) is 61.4 Å². The molecule has 0 aliphatic heterocycles. The van der Waals surface area contributed by atoms with Gasteiger partial charge in [-0.2, -0.15) is 0 Å². The van der Waals surface area contributed by atoms with Crippen molar-refractivity contribution in [1.29, 1.82) is 0 Å². The first-order valence-electron chi connectivity index (χ1n) is 7.69. The standard InChI is InChI=1S/C19H17N3O2S/c1-22(15-10-6-3-7-11-15)18(23)16-12-13-17(25-16)21-19(24)20-14-8-4-2-5-9-14/h2-13H,1H3,(H2,20,21,24). The van der Waals surface area contributed by atoms with E-state index in [-0.39, 0.29) is 11.9 Å². The number of hydrogen-bond donors (Lipinski definition) is 2. The molecule has 25 heavy (non-hydrogen) atoms. The molecule has 3 aromatic rings. The van der Waals surface area contributed by atoms with Crippen LogP contribution in [0, 0.1) is 0 Å². The van der Waals surface area contributed by atoms with Gasteiger partial charge in [-0.1, -0.05) is 36.4 Å². The summed E-state index contributed by atoms with van der Waals surface area (Å²) in [5.74, 6) is -0.118. The van der Waals surface area contributed by atoms with Gasteiger partial charge in [-0.15, -0.1) is 11.3 Å². The molecule has 0 aliphatic carbocycles. The SMILES string of the molecule is CN(C(=O)c1ccc(NC(=O)Nc2ccccc2)s1)c1ccccc1. The van der Waals surface area contributed by atoms with Gasteiger partial charge in [0.15, 0.2) is 0 Å². The maximum Gasteiger partial charge on any atom is 0.324 e. The van der Waals surface area contributed by atoms with E-state index in [9.17, 15) is 9.59 Å². The maximum atomic E-state index is 12.5. The molecule has 0 fully saturated rings. The Bertz CT molecular complexity index is 863. The summed E-state index contributed by atoms with van der Waals surface area (Å²) < 4.78 is 0. The molecule has 5 nitrogen and oxygen atoms in total. The number of urea groups is 1. The van der Waals surface area contributed by atoms with Crippen LogP contribution in [0.1, 0.15) is 9.67 Å². The Balaban J connectivity index is 1.64. The minimum atomic E-state index is -0.344. The predicted molar refractivity (Wildman–Crippen MR) is 103 cm³/mol. The highest BCUT2D eigenvalue weighted by atomic mass is 32.1. The Hall–Kier alpha value is -3.12. The van der Waals surface area contributed by atoms with Crippen LogP contribution >= 0.6 is 11.3 Å². The number of carbonyl (C=O) groups is 2. The van der Waals surface area contributed by atoms with Crippen LogP contribution in [0.2, 0.25) is 0 Å². The summed E-state index contributed by atoms with van der Waals surface area (Å²) in [5.41, 5.74) is 1.52. The lowest BCUT2D eigenvalue weighted by atomic mass is 10.3. The first-order valence-corrected chi connectivity index (χ1v) is 8.51. The van der Waals surface area contributed by atoms with Gasteiger partial charge in [-0.3, -0.25) is 10.1 Å². The molecule has 0 saturated carbocycles. The second-order valence-corrected chi connectivity index (χ2v) is 6.39. The van der Waals surface area contributed by atoms with E-state index < -0.39 is 0 Å². The fourth-order valence-electron chi connectivity index (χ4n) is 2.25. The van der Waals surface area contributed by atoms with Gasteiger partial charge in [-0.25, -0.2) is 4.79 Å². The van der Waals surface area contributed by atoms with Crippen LogP contribution in [-0.2, 0) is 0 Å². The van der Waals surface area contributed by atoms with Crippen LogP contribution in [0.5, 0.6) is 0 Å². The van der Waals surface area contributed by atoms with Crippen LogP contribution in [-0.4, -0.2) is 19.0 Å². The molecule has 0 bridgehead atoms. The molecule has 3 amide bonds. The molecule has 0 radical (unpaired) electrons. The molecule has 3 rings (SSSR count). The fourth-order valence-corrected chi connectivity index (χ4v) is 3.13. The third-order valence-electron chi connectivity index (χ3n) is 3.53. The van der Waals surface area contributed by atoms with Gasteiger partial charge in [0.1, 0.15) is 0 Å². The lowest BCUT2D eigenvalue weighted by Gasteiger charge is -2.16. The van der Waals surface area contributed by atoms with Crippen LogP contribution in [0.4, 0.5) is 21.2 Å². The zero-order chi connectivity index (χ0) is 17.6. The average Bonchev–Trinajstić information content (AvgIpc) is 3.10. The Morgan fingerprint density at radius 2 is 1.48 bits per heavy atom. The van der Waals surface area contributed by atoms with Crippen molar-refractivity contribution >= 4 is 39.7 Å². The van der Waals surface area contributed by atoms with E-state index in [0.29, 0.717) is 15.6 Å². The number of benzene rings is 2. The van der Waals surface area contributed by atoms with Gasteiger partial charge in [-0.05, 0) is 36.4 Å².